The van der Waals surface area contributed by atoms with Gasteiger partial charge in [0.05, 0.1) is 13.0 Å². The van der Waals surface area contributed by atoms with Gasteiger partial charge in [-0.2, -0.15) is 0 Å². The van der Waals surface area contributed by atoms with E-state index in [-0.39, 0.29) is 12.0 Å². The van der Waals surface area contributed by atoms with Crippen molar-refractivity contribution < 1.29 is 9.53 Å². The summed E-state index contributed by atoms with van der Waals surface area (Å²) in [5.74, 6) is 1.36. The molecule has 29 heavy (non-hydrogen) atoms. The Bertz CT molecular complexity index is 1010. The third kappa shape index (κ3) is 4.04. The van der Waals surface area contributed by atoms with E-state index in [1.807, 2.05) is 43.1 Å². The zero-order valence-electron chi connectivity index (χ0n) is 17.2. The number of amides is 1. The first-order chi connectivity index (χ1) is 14.0. The number of benzene rings is 1. The molecule has 1 aromatic carbocycles. The topological polar surface area (TPSA) is 63.5 Å². The van der Waals surface area contributed by atoms with E-state index in [0.717, 1.165) is 35.9 Å². The van der Waals surface area contributed by atoms with E-state index in [1.54, 1.807) is 12.4 Å². The van der Waals surface area contributed by atoms with E-state index in [9.17, 15) is 4.79 Å². The highest BCUT2D eigenvalue weighted by Gasteiger charge is 2.27. The van der Waals surface area contributed by atoms with Crippen LogP contribution in [0, 0.1) is 0 Å². The average Bonchev–Trinajstić information content (AvgIpc) is 3.04. The van der Waals surface area contributed by atoms with Crippen molar-refractivity contribution in [1.82, 2.24) is 19.4 Å². The van der Waals surface area contributed by atoms with Gasteiger partial charge in [0.1, 0.15) is 6.10 Å². The molecule has 0 N–H and O–H groups in total. The second kappa shape index (κ2) is 8.11. The molecule has 0 radical (unpaired) electrons. The Balaban J connectivity index is 1.45. The van der Waals surface area contributed by atoms with Crippen LogP contribution in [0.4, 0.5) is 5.82 Å². The SMILES string of the molecule is CN(C)c1nccnc1OC1CCCN(C(=O)Cc2cn(C)c3ccccc23)C1. The van der Waals surface area contributed by atoms with Gasteiger partial charge < -0.3 is 19.1 Å². The molecule has 1 fully saturated rings. The monoisotopic (exact) mass is 393 g/mol. The summed E-state index contributed by atoms with van der Waals surface area (Å²) >= 11 is 0. The Morgan fingerprint density at radius 1 is 1.24 bits per heavy atom. The molecule has 7 heteroatoms. The smallest absolute Gasteiger partial charge is 0.257 e. The lowest BCUT2D eigenvalue weighted by atomic mass is 10.1. The fourth-order valence-electron chi connectivity index (χ4n) is 3.97. The van der Waals surface area contributed by atoms with Gasteiger partial charge in [-0.25, -0.2) is 9.97 Å². The van der Waals surface area contributed by atoms with Crippen molar-refractivity contribution in [3.05, 3.63) is 48.4 Å². The molecule has 0 spiro atoms. The van der Waals surface area contributed by atoms with Crippen LogP contribution >= 0.6 is 0 Å². The summed E-state index contributed by atoms with van der Waals surface area (Å²) in [5, 5.41) is 1.14. The van der Waals surface area contributed by atoms with Gasteiger partial charge in [-0.15, -0.1) is 0 Å². The Kier molecular flexibility index (Phi) is 5.38. The predicted octanol–water partition coefficient (Wildman–Crippen LogP) is 2.65. The molecule has 1 amide bonds. The molecule has 3 heterocycles. The normalized spacial score (nSPS) is 16.8. The molecule has 2 aromatic heterocycles. The van der Waals surface area contributed by atoms with Crippen molar-refractivity contribution in [1.29, 1.82) is 0 Å². The third-order valence-corrected chi connectivity index (χ3v) is 5.40. The van der Waals surface area contributed by atoms with E-state index in [2.05, 4.69) is 32.9 Å². The van der Waals surface area contributed by atoms with E-state index < -0.39 is 0 Å². The number of piperidine rings is 1. The van der Waals surface area contributed by atoms with Gasteiger partial charge in [0.2, 0.25) is 5.91 Å². The van der Waals surface area contributed by atoms with Crippen LogP contribution in [-0.2, 0) is 18.3 Å². The number of likely N-dealkylation sites (tertiary alicyclic amines) is 1. The number of anilines is 1. The molecule has 1 aliphatic rings. The van der Waals surface area contributed by atoms with E-state index >= 15 is 0 Å². The summed E-state index contributed by atoms with van der Waals surface area (Å²) in [6, 6.07) is 8.20. The number of fused-ring (bicyclic) bond motifs is 1. The number of hydrogen-bond acceptors (Lipinski definition) is 5. The summed E-state index contributed by atoms with van der Waals surface area (Å²) < 4.78 is 8.22. The number of nitrogens with zero attached hydrogens (tertiary/aromatic N) is 5. The number of carbonyl (C=O) groups excluding carboxylic acids is 1. The van der Waals surface area contributed by atoms with Crippen molar-refractivity contribution in [2.24, 2.45) is 7.05 Å². The number of hydrogen-bond donors (Lipinski definition) is 0. The van der Waals surface area contributed by atoms with Crippen LogP contribution in [0.1, 0.15) is 18.4 Å². The molecule has 3 aromatic rings. The Morgan fingerprint density at radius 2 is 2.03 bits per heavy atom. The van der Waals surface area contributed by atoms with Gasteiger partial charge in [0.25, 0.3) is 5.88 Å². The van der Waals surface area contributed by atoms with Crippen molar-refractivity contribution >= 4 is 22.6 Å². The molecule has 1 saturated heterocycles. The molecule has 1 unspecified atom stereocenters. The predicted molar refractivity (Wildman–Crippen MR) is 113 cm³/mol. The minimum atomic E-state index is -0.0735. The van der Waals surface area contributed by atoms with Crippen molar-refractivity contribution in [2.45, 2.75) is 25.4 Å². The number of para-hydroxylation sites is 1. The van der Waals surface area contributed by atoms with Gasteiger partial charge in [-0.05, 0) is 24.5 Å². The van der Waals surface area contributed by atoms with Gasteiger partial charge in [0.15, 0.2) is 5.82 Å². The molecule has 7 nitrogen and oxygen atoms in total. The first kappa shape index (κ1) is 19.2. The van der Waals surface area contributed by atoms with Crippen molar-refractivity contribution in [3.8, 4) is 5.88 Å². The Labute approximate surface area is 170 Å². The minimum absolute atomic E-state index is 0.0735. The van der Waals surface area contributed by atoms with Crippen LogP contribution in [0.15, 0.2) is 42.9 Å². The second-order valence-corrected chi connectivity index (χ2v) is 7.76. The first-order valence-electron chi connectivity index (χ1n) is 9.98. The zero-order valence-corrected chi connectivity index (χ0v) is 17.2. The standard InChI is InChI=1S/C22H27N5O2/c1-25(2)21-22(24-11-10-23-21)29-17-7-6-12-27(15-17)20(28)13-16-14-26(3)19-9-5-4-8-18(16)19/h4-5,8-11,14,17H,6-7,12-13,15H2,1-3H3. The number of carbonyl (C=O) groups is 1. The van der Waals surface area contributed by atoms with E-state index in [1.165, 1.54) is 0 Å². The molecular weight excluding hydrogens is 366 g/mol. The molecule has 1 atom stereocenters. The number of rotatable bonds is 5. The van der Waals surface area contributed by atoms with Crippen molar-refractivity contribution in [3.63, 3.8) is 0 Å². The van der Waals surface area contributed by atoms with Crippen LogP contribution in [-0.4, -0.2) is 58.6 Å². The van der Waals surface area contributed by atoms with Crippen LogP contribution in [0.3, 0.4) is 0 Å². The summed E-state index contributed by atoms with van der Waals surface area (Å²) in [6.07, 6.45) is 7.50. The summed E-state index contributed by atoms with van der Waals surface area (Å²) in [6.45, 7) is 1.34. The fraction of sp³-hybridized carbons (Fsp3) is 0.409. The Morgan fingerprint density at radius 3 is 2.86 bits per heavy atom. The molecule has 0 bridgehead atoms. The highest BCUT2D eigenvalue weighted by atomic mass is 16.5. The first-order valence-corrected chi connectivity index (χ1v) is 9.98. The molecular formula is C22H27N5O2. The maximum absolute atomic E-state index is 13.0. The largest absolute Gasteiger partial charge is 0.470 e. The highest BCUT2D eigenvalue weighted by molar-refractivity contribution is 5.89. The molecule has 0 aliphatic carbocycles. The molecule has 152 valence electrons. The van der Waals surface area contributed by atoms with E-state index in [4.69, 9.17) is 4.74 Å². The van der Waals surface area contributed by atoms with Gasteiger partial charge in [0, 0.05) is 57.2 Å². The molecule has 1 aliphatic heterocycles. The van der Waals surface area contributed by atoms with Crippen LogP contribution in [0.2, 0.25) is 0 Å². The number of ether oxygens (including phenoxy) is 1. The van der Waals surface area contributed by atoms with Gasteiger partial charge >= 0.3 is 0 Å². The van der Waals surface area contributed by atoms with Crippen LogP contribution in [0.25, 0.3) is 10.9 Å². The molecule has 0 saturated carbocycles. The van der Waals surface area contributed by atoms with Gasteiger partial charge in [-0.1, -0.05) is 18.2 Å². The number of aromatic nitrogens is 3. The summed E-state index contributed by atoms with van der Waals surface area (Å²) in [5.41, 5.74) is 2.22. The summed E-state index contributed by atoms with van der Waals surface area (Å²) in [7, 11) is 5.85. The lowest BCUT2D eigenvalue weighted by Crippen LogP contribution is -2.45. The third-order valence-electron chi connectivity index (χ3n) is 5.40. The zero-order chi connectivity index (χ0) is 20.4. The molecule has 4 rings (SSSR count). The second-order valence-electron chi connectivity index (χ2n) is 7.76. The highest BCUT2D eigenvalue weighted by Crippen LogP contribution is 2.25. The lowest BCUT2D eigenvalue weighted by molar-refractivity contribution is -0.133. The Hall–Kier alpha value is -3.09. The summed E-state index contributed by atoms with van der Waals surface area (Å²) in [4.78, 5) is 25.5. The fourth-order valence-corrected chi connectivity index (χ4v) is 3.97. The maximum atomic E-state index is 13.0. The quantitative estimate of drug-likeness (QED) is 0.667. The lowest BCUT2D eigenvalue weighted by Gasteiger charge is -2.33. The van der Waals surface area contributed by atoms with E-state index in [0.29, 0.717) is 24.7 Å². The maximum Gasteiger partial charge on any atom is 0.257 e. The average molecular weight is 393 g/mol. The minimum Gasteiger partial charge on any atom is -0.470 e. The number of aryl methyl sites for hydroxylation is 1. The van der Waals surface area contributed by atoms with Crippen LogP contribution in [0.5, 0.6) is 5.88 Å². The van der Waals surface area contributed by atoms with Crippen LogP contribution < -0.4 is 9.64 Å². The van der Waals surface area contributed by atoms with Gasteiger partial charge in [-0.3, -0.25) is 4.79 Å². The van der Waals surface area contributed by atoms with Crippen molar-refractivity contribution in [2.75, 3.05) is 32.1 Å².